The summed E-state index contributed by atoms with van der Waals surface area (Å²) in [5, 5.41) is 10.8. The minimum Gasteiger partial charge on any atom is -0.490 e. The number of nitro benzene ring substituents is 1. The van der Waals surface area contributed by atoms with E-state index in [2.05, 4.69) is 0 Å². The summed E-state index contributed by atoms with van der Waals surface area (Å²) in [5.74, 6) is -0.441. The molecule has 0 radical (unpaired) electrons. The summed E-state index contributed by atoms with van der Waals surface area (Å²) in [6, 6.07) is 15.3. The van der Waals surface area contributed by atoms with Crippen LogP contribution in [0.5, 0.6) is 11.5 Å². The van der Waals surface area contributed by atoms with E-state index in [1.54, 1.807) is 43.3 Å². The first-order valence-corrected chi connectivity index (χ1v) is 12.3. The number of imide groups is 1. The van der Waals surface area contributed by atoms with Crippen molar-refractivity contribution >= 4 is 46.3 Å². The standard InChI is InChI=1S/C26H20ClFN2O6S/c1-2-35-23-12-16(10-11-22(23)36-15-17-6-3-4-9-21(17)30(33)34)13-24-25(31)29(26(32)37-24)14-18-19(27)7-5-8-20(18)28/h3-13H,2,14-15H2,1H3/b24-13-. The molecule has 0 aromatic heterocycles. The summed E-state index contributed by atoms with van der Waals surface area (Å²) in [7, 11) is 0. The van der Waals surface area contributed by atoms with Gasteiger partial charge in [-0.1, -0.05) is 35.9 Å². The zero-order chi connectivity index (χ0) is 26.5. The number of carbonyl (C=O) groups is 2. The highest BCUT2D eigenvalue weighted by Gasteiger charge is 2.36. The minimum absolute atomic E-state index is 0.0476. The van der Waals surface area contributed by atoms with Gasteiger partial charge in [-0.3, -0.25) is 24.6 Å². The fraction of sp³-hybridized carbons (Fsp3) is 0.154. The van der Waals surface area contributed by atoms with Crippen LogP contribution in [0.2, 0.25) is 5.02 Å². The second-order valence-electron chi connectivity index (χ2n) is 7.78. The highest BCUT2D eigenvalue weighted by molar-refractivity contribution is 8.18. The number of nitrogens with zero attached hydrogens (tertiary/aromatic N) is 2. The molecule has 37 heavy (non-hydrogen) atoms. The molecule has 0 spiro atoms. The number of amides is 2. The van der Waals surface area contributed by atoms with Gasteiger partial charge in [-0.15, -0.1) is 0 Å². The normalized spacial score (nSPS) is 14.4. The highest BCUT2D eigenvalue weighted by atomic mass is 35.5. The van der Waals surface area contributed by atoms with Crippen LogP contribution in [0.3, 0.4) is 0 Å². The maximum absolute atomic E-state index is 14.2. The third-order valence-corrected chi connectivity index (χ3v) is 6.65. The molecular formula is C26H20ClFN2O6S. The van der Waals surface area contributed by atoms with Crippen LogP contribution in [-0.2, 0) is 17.9 Å². The number of hydrogen-bond acceptors (Lipinski definition) is 7. The molecule has 3 aromatic rings. The molecule has 190 valence electrons. The van der Waals surface area contributed by atoms with Crippen LogP contribution < -0.4 is 9.47 Å². The average molecular weight is 543 g/mol. The van der Waals surface area contributed by atoms with Crippen LogP contribution in [0.4, 0.5) is 14.9 Å². The molecule has 4 rings (SSSR count). The van der Waals surface area contributed by atoms with Gasteiger partial charge in [0.2, 0.25) is 0 Å². The number of carbonyl (C=O) groups excluding carboxylic acids is 2. The van der Waals surface area contributed by atoms with Crippen LogP contribution in [0.25, 0.3) is 6.08 Å². The number of nitro groups is 1. The van der Waals surface area contributed by atoms with Gasteiger partial charge < -0.3 is 9.47 Å². The molecular weight excluding hydrogens is 523 g/mol. The molecule has 1 aliphatic rings. The second-order valence-corrected chi connectivity index (χ2v) is 9.18. The lowest BCUT2D eigenvalue weighted by Crippen LogP contribution is -2.28. The molecule has 3 aromatic carbocycles. The first-order chi connectivity index (χ1) is 17.8. The fourth-order valence-corrected chi connectivity index (χ4v) is 4.66. The predicted octanol–water partition coefficient (Wildman–Crippen LogP) is 6.60. The van der Waals surface area contributed by atoms with Crippen LogP contribution in [0, 0.1) is 15.9 Å². The number of benzene rings is 3. The van der Waals surface area contributed by atoms with E-state index in [-0.39, 0.29) is 34.3 Å². The van der Waals surface area contributed by atoms with Crippen molar-refractivity contribution in [3.8, 4) is 11.5 Å². The quantitative estimate of drug-likeness (QED) is 0.170. The number of hydrogen-bond donors (Lipinski definition) is 0. The van der Waals surface area contributed by atoms with Crippen LogP contribution in [-0.4, -0.2) is 27.6 Å². The molecule has 8 nitrogen and oxygen atoms in total. The summed E-state index contributed by atoms with van der Waals surface area (Å²) >= 11 is 6.79. The Bertz CT molecular complexity index is 1390. The topological polar surface area (TPSA) is 99.0 Å². The van der Waals surface area contributed by atoms with Gasteiger partial charge in [0.15, 0.2) is 11.5 Å². The number of para-hydroxylation sites is 1. The first kappa shape index (κ1) is 26.2. The van der Waals surface area contributed by atoms with Crippen molar-refractivity contribution in [1.29, 1.82) is 0 Å². The first-order valence-electron chi connectivity index (χ1n) is 11.1. The van der Waals surface area contributed by atoms with E-state index in [4.69, 9.17) is 21.1 Å². The van der Waals surface area contributed by atoms with Crippen LogP contribution in [0.15, 0.2) is 65.6 Å². The Labute approximate surface area is 220 Å². The molecule has 0 aliphatic carbocycles. The van der Waals surface area contributed by atoms with Crippen molar-refractivity contribution in [3.63, 3.8) is 0 Å². The Kier molecular flexibility index (Phi) is 8.10. The summed E-state index contributed by atoms with van der Waals surface area (Å²) in [4.78, 5) is 37.3. The number of thioether (sulfide) groups is 1. The lowest BCUT2D eigenvalue weighted by Gasteiger charge is -2.14. The van der Waals surface area contributed by atoms with Crippen LogP contribution in [0.1, 0.15) is 23.6 Å². The third-order valence-electron chi connectivity index (χ3n) is 5.39. The van der Waals surface area contributed by atoms with E-state index in [1.165, 1.54) is 30.3 Å². The van der Waals surface area contributed by atoms with Crippen molar-refractivity contribution in [3.05, 3.63) is 103 Å². The molecule has 1 fully saturated rings. The Balaban J connectivity index is 1.54. The molecule has 2 amide bonds. The van der Waals surface area contributed by atoms with Gasteiger partial charge in [0.1, 0.15) is 12.4 Å². The Morgan fingerprint density at radius 1 is 1.08 bits per heavy atom. The summed E-state index contributed by atoms with van der Waals surface area (Å²) in [6.07, 6.45) is 1.53. The zero-order valence-corrected chi connectivity index (χ0v) is 21.1. The van der Waals surface area contributed by atoms with Gasteiger partial charge in [0.25, 0.3) is 16.8 Å². The molecule has 0 bridgehead atoms. The van der Waals surface area contributed by atoms with E-state index in [0.717, 1.165) is 16.7 Å². The van der Waals surface area contributed by atoms with Crippen molar-refractivity contribution < 1.29 is 28.4 Å². The molecule has 1 aliphatic heterocycles. The van der Waals surface area contributed by atoms with Gasteiger partial charge in [-0.25, -0.2) is 4.39 Å². The second kappa shape index (κ2) is 11.4. The van der Waals surface area contributed by atoms with E-state index < -0.39 is 21.9 Å². The monoisotopic (exact) mass is 542 g/mol. The van der Waals surface area contributed by atoms with Crippen LogP contribution >= 0.6 is 23.4 Å². The predicted molar refractivity (Wildman–Crippen MR) is 138 cm³/mol. The summed E-state index contributed by atoms with van der Waals surface area (Å²) in [5.41, 5.74) is 0.981. The van der Waals surface area contributed by atoms with Gasteiger partial charge >= 0.3 is 0 Å². The Morgan fingerprint density at radius 2 is 1.86 bits per heavy atom. The summed E-state index contributed by atoms with van der Waals surface area (Å²) in [6.45, 7) is 1.78. The minimum atomic E-state index is -0.603. The Hall–Kier alpha value is -3.89. The summed E-state index contributed by atoms with van der Waals surface area (Å²) < 4.78 is 25.6. The lowest BCUT2D eigenvalue weighted by molar-refractivity contribution is -0.385. The van der Waals surface area contributed by atoms with Gasteiger partial charge in [-0.05, 0) is 60.7 Å². The average Bonchev–Trinajstić information content (AvgIpc) is 3.13. The number of halogens is 2. The van der Waals surface area contributed by atoms with E-state index in [1.807, 2.05) is 0 Å². The third kappa shape index (κ3) is 5.92. The van der Waals surface area contributed by atoms with Crippen molar-refractivity contribution in [2.75, 3.05) is 6.61 Å². The molecule has 0 saturated carbocycles. The molecule has 1 saturated heterocycles. The number of rotatable bonds is 9. The van der Waals surface area contributed by atoms with Gasteiger partial charge in [0.05, 0.1) is 28.5 Å². The number of ether oxygens (including phenoxy) is 2. The Morgan fingerprint density at radius 3 is 2.59 bits per heavy atom. The molecule has 1 heterocycles. The highest BCUT2D eigenvalue weighted by Crippen LogP contribution is 2.36. The zero-order valence-electron chi connectivity index (χ0n) is 19.5. The SMILES string of the molecule is CCOc1cc(/C=C2\SC(=O)N(Cc3c(F)cccc3Cl)C2=O)ccc1OCc1ccccc1[N+](=O)[O-]. The largest absolute Gasteiger partial charge is 0.490 e. The fourth-order valence-electron chi connectivity index (χ4n) is 3.60. The lowest BCUT2D eigenvalue weighted by atomic mass is 10.1. The maximum atomic E-state index is 14.2. The molecule has 0 unspecified atom stereocenters. The van der Waals surface area contributed by atoms with Crippen molar-refractivity contribution in [1.82, 2.24) is 4.90 Å². The van der Waals surface area contributed by atoms with Crippen molar-refractivity contribution in [2.45, 2.75) is 20.1 Å². The van der Waals surface area contributed by atoms with Gasteiger partial charge in [-0.2, -0.15) is 0 Å². The molecule has 11 heteroatoms. The molecule has 0 atom stereocenters. The maximum Gasteiger partial charge on any atom is 0.293 e. The smallest absolute Gasteiger partial charge is 0.293 e. The molecule has 0 N–H and O–H groups in total. The van der Waals surface area contributed by atoms with Crippen molar-refractivity contribution in [2.24, 2.45) is 0 Å². The van der Waals surface area contributed by atoms with E-state index >= 15 is 0 Å². The van der Waals surface area contributed by atoms with E-state index in [9.17, 15) is 24.1 Å². The van der Waals surface area contributed by atoms with E-state index in [0.29, 0.717) is 29.2 Å². The van der Waals surface area contributed by atoms with Gasteiger partial charge in [0, 0.05) is 16.7 Å².